The topological polar surface area (TPSA) is 59.0 Å². The lowest BCUT2D eigenvalue weighted by molar-refractivity contribution is -0.151. The van der Waals surface area contributed by atoms with Gasteiger partial charge >= 0.3 is 5.97 Å². The van der Waals surface area contributed by atoms with Crippen LogP contribution in [-0.4, -0.2) is 61.0 Å². The number of carboxylic acid groups (broad SMARTS) is 1. The third-order valence-corrected chi connectivity index (χ3v) is 2.83. The summed E-state index contributed by atoms with van der Waals surface area (Å²) in [6.45, 7) is 3.02. The van der Waals surface area contributed by atoms with Gasteiger partial charge in [-0.3, -0.25) is 9.69 Å². The highest BCUT2D eigenvalue weighted by Crippen LogP contribution is 2.18. The van der Waals surface area contributed by atoms with Gasteiger partial charge in [-0.15, -0.1) is 0 Å². The van der Waals surface area contributed by atoms with Gasteiger partial charge in [-0.25, -0.2) is 0 Å². The Labute approximate surface area is 82.6 Å². The first-order valence-corrected chi connectivity index (χ1v) is 4.93. The Bertz CT molecular complexity index is 215. The van der Waals surface area contributed by atoms with Gasteiger partial charge in [0, 0.05) is 19.2 Å². The van der Waals surface area contributed by atoms with E-state index >= 15 is 0 Å². The van der Waals surface area contributed by atoms with E-state index in [1.54, 1.807) is 0 Å². The third-order valence-electron chi connectivity index (χ3n) is 2.83. The van der Waals surface area contributed by atoms with Crippen molar-refractivity contribution in [2.75, 3.05) is 33.0 Å². The van der Waals surface area contributed by atoms with Gasteiger partial charge in [-0.2, -0.15) is 0 Å². The van der Waals surface area contributed by atoms with Crippen molar-refractivity contribution in [3.8, 4) is 0 Å². The molecule has 0 aliphatic carbocycles. The zero-order chi connectivity index (χ0) is 9.97. The Balaban J connectivity index is 2.01. The molecule has 0 saturated carbocycles. The minimum absolute atomic E-state index is 0.264. The minimum atomic E-state index is -0.795. The van der Waals surface area contributed by atoms with Crippen molar-refractivity contribution in [2.24, 2.45) is 0 Å². The van der Waals surface area contributed by atoms with Crippen molar-refractivity contribution < 1.29 is 19.4 Å². The summed E-state index contributed by atoms with van der Waals surface area (Å²) in [6, 6.07) is -0.226. The molecule has 14 heavy (non-hydrogen) atoms. The van der Waals surface area contributed by atoms with E-state index < -0.39 is 12.0 Å². The molecule has 5 nitrogen and oxygen atoms in total. The molecule has 0 amide bonds. The number of carbonyl (C=O) groups is 1. The number of carboxylic acids is 1. The first kappa shape index (κ1) is 9.89. The molecule has 2 rings (SSSR count). The monoisotopic (exact) mass is 201 g/mol. The molecule has 0 spiro atoms. The van der Waals surface area contributed by atoms with E-state index in [-0.39, 0.29) is 6.04 Å². The van der Waals surface area contributed by atoms with Crippen molar-refractivity contribution in [1.29, 1.82) is 0 Å². The molecule has 2 aliphatic heterocycles. The van der Waals surface area contributed by atoms with Crippen molar-refractivity contribution in [3.05, 3.63) is 0 Å². The second-order valence-corrected chi connectivity index (χ2v) is 3.68. The Hall–Kier alpha value is -0.650. The molecule has 2 unspecified atom stereocenters. The van der Waals surface area contributed by atoms with E-state index in [0.717, 1.165) is 13.0 Å². The number of morpholine rings is 1. The summed E-state index contributed by atoms with van der Waals surface area (Å²) in [7, 11) is 0. The average Bonchev–Trinajstić information content (AvgIpc) is 2.70. The lowest BCUT2D eigenvalue weighted by Crippen LogP contribution is -2.54. The van der Waals surface area contributed by atoms with E-state index in [1.807, 2.05) is 4.90 Å². The minimum Gasteiger partial charge on any atom is -0.480 e. The predicted octanol–water partition coefficient (Wildman–Crippen LogP) is -0.439. The van der Waals surface area contributed by atoms with Crippen LogP contribution in [0.1, 0.15) is 6.42 Å². The smallest absolute Gasteiger partial charge is 0.323 e. The van der Waals surface area contributed by atoms with Gasteiger partial charge in [0.05, 0.1) is 19.8 Å². The summed E-state index contributed by atoms with van der Waals surface area (Å²) in [4.78, 5) is 13.0. The van der Waals surface area contributed by atoms with Crippen molar-refractivity contribution in [2.45, 2.75) is 18.5 Å². The van der Waals surface area contributed by atoms with Gasteiger partial charge in [-0.1, -0.05) is 0 Å². The molecule has 2 fully saturated rings. The highest BCUT2D eigenvalue weighted by atomic mass is 16.5. The van der Waals surface area contributed by atoms with Crippen molar-refractivity contribution >= 4 is 5.97 Å². The number of nitrogens with zero attached hydrogens (tertiary/aromatic N) is 1. The Morgan fingerprint density at radius 1 is 1.29 bits per heavy atom. The second-order valence-electron chi connectivity index (χ2n) is 3.68. The molecule has 80 valence electrons. The summed E-state index contributed by atoms with van der Waals surface area (Å²) < 4.78 is 10.4. The molecular weight excluding hydrogens is 186 g/mol. The van der Waals surface area contributed by atoms with Gasteiger partial charge < -0.3 is 14.6 Å². The summed E-state index contributed by atoms with van der Waals surface area (Å²) in [5.41, 5.74) is 0. The SMILES string of the molecule is O=C(O)C1COCCN1C1CCOC1. The third kappa shape index (κ3) is 1.89. The zero-order valence-electron chi connectivity index (χ0n) is 8.02. The standard InChI is InChI=1S/C9H15NO4/c11-9(12)8-6-14-4-2-10(8)7-1-3-13-5-7/h7-8H,1-6H2,(H,11,12). The molecule has 0 aromatic heterocycles. The highest BCUT2D eigenvalue weighted by molar-refractivity contribution is 5.73. The fraction of sp³-hybridized carbons (Fsp3) is 0.889. The second kappa shape index (κ2) is 4.25. The summed E-state index contributed by atoms with van der Waals surface area (Å²) in [5, 5.41) is 9.01. The van der Waals surface area contributed by atoms with Crippen molar-refractivity contribution in [3.63, 3.8) is 0 Å². The van der Waals surface area contributed by atoms with Crippen LogP contribution < -0.4 is 0 Å². The quantitative estimate of drug-likeness (QED) is 0.656. The average molecular weight is 201 g/mol. The summed E-state index contributed by atoms with van der Waals surface area (Å²) in [5.74, 6) is -0.795. The summed E-state index contributed by atoms with van der Waals surface area (Å²) in [6.07, 6.45) is 0.934. The molecule has 2 saturated heterocycles. The molecule has 5 heteroatoms. The first-order valence-electron chi connectivity index (χ1n) is 4.93. The van der Waals surface area contributed by atoms with Gasteiger partial charge in [-0.05, 0) is 6.42 Å². The van der Waals surface area contributed by atoms with Crippen LogP contribution in [0.2, 0.25) is 0 Å². The molecule has 0 aromatic rings. The number of rotatable bonds is 2. The van der Waals surface area contributed by atoms with Crippen LogP contribution in [0.3, 0.4) is 0 Å². The van der Waals surface area contributed by atoms with Crippen LogP contribution in [0.5, 0.6) is 0 Å². The molecule has 0 aromatic carbocycles. The largest absolute Gasteiger partial charge is 0.480 e. The lowest BCUT2D eigenvalue weighted by Gasteiger charge is -2.36. The fourth-order valence-corrected chi connectivity index (χ4v) is 2.05. The first-order chi connectivity index (χ1) is 6.79. The van der Waals surface area contributed by atoms with Crippen LogP contribution in [0.15, 0.2) is 0 Å². The molecule has 2 aliphatic rings. The molecular formula is C9H15NO4. The van der Waals surface area contributed by atoms with E-state index in [1.165, 1.54) is 0 Å². The Kier molecular flexibility index (Phi) is 3.00. The van der Waals surface area contributed by atoms with Crippen LogP contribution in [0.25, 0.3) is 0 Å². The maximum atomic E-state index is 11.0. The van der Waals surface area contributed by atoms with E-state index in [9.17, 15) is 4.79 Å². The molecule has 1 N–H and O–H groups in total. The fourth-order valence-electron chi connectivity index (χ4n) is 2.05. The molecule has 2 atom stereocenters. The molecule has 0 radical (unpaired) electrons. The maximum Gasteiger partial charge on any atom is 0.323 e. The van der Waals surface area contributed by atoms with Gasteiger partial charge in [0.2, 0.25) is 0 Å². The van der Waals surface area contributed by atoms with Crippen LogP contribution in [0.4, 0.5) is 0 Å². The zero-order valence-corrected chi connectivity index (χ0v) is 8.02. The van der Waals surface area contributed by atoms with Gasteiger partial charge in [0.1, 0.15) is 6.04 Å². The Morgan fingerprint density at radius 3 is 2.71 bits per heavy atom. The number of ether oxygens (including phenoxy) is 2. The number of aliphatic carboxylic acids is 1. The van der Waals surface area contributed by atoms with Gasteiger partial charge in [0.25, 0.3) is 0 Å². The maximum absolute atomic E-state index is 11.0. The molecule has 2 heterocycles. The highest BCUT2D eigenvalue weighted by Gasteiger charge is 2.35. The van der Waals surface area contributed by atoms with Crippen molar-refractivity contribution in [1.82, 2.24) is 4.90 Å². The van der Waals surface area contributed by atoms with Crippen LogP contribution >= 0.6 is 0 Å². The van der Waals surface area contributed by atoms with E-state index in [4.69, 9.17) is 14.6 Å². The van der Waals surface area contributed by atoms with Crippen LogP contribution in [-0.2, 0) is 14.3 Å². The van der Waals surface area contributed by atoms with E-state index in [0.29, 0.717) is 26.4 Å². The number of hydrogen-bond donors (Lipinski definition) is 1. The summed E-state index contributed by atoms with van der Waals surface area (Å²) >= 11 is 0. The normalized spacial score (nSPS) is 34.6. The number of hydrogen-bond acceptors (Lipinski definition) is 4. The Morgan fingerprint density at radius 2 is 2.07 bits per heavy atom. The van der Waals surface area contributed by atoms with Crippen LogP contribution in [0, 0.1) is 0 Å². The van der Waals surface area contributed by atoms with Gasteiger partial charge in [0.15, 0.2) is 0 Å². The predicted molar refractivity (Wildman–Crippen MR) is 48.2 cm³/mol. The molecule has 0 bridgehead atoms. The lowest BCUT2D eigenvalue weighted by atomic mass is 10.1. The van der Waals surface area contributed by atoms with E-state index in [2.05, 4.69) is 0 Å².